The van der Waals surface area contributed by atoms with Gasteiger partial charge in [-0.2, -0.15) is 0 Å². The van der Waals surface area contributed by atoms with E-state index in [1.165, 1.54) is 27.1 Å². The molecule has 1 N–H and O–H groups in total. The third kappa shape index (κ3) is 4.08. The van der Waals surface area contributed by atoms with Gasteiger partial charge < -0.3 is 28.7 Å². The van der Waals surface area contributed by atoms with E-state index < -0.39 is 42.4 Å². The van der Waals surface area contributed by atoms with E-state index in [1.54, 1.807) is 16.5 Å². The number of hydrogen-bond acceptors (Lipinski definition) is 10. The van der Waals surface area contributed by atoms with Crippen LogP contribution in [0, 0.1) is 5.41 Å². The van der Waals surface area contributed by atoms with Crippen LogP contribution in [0.2, 0.25) is 0 Å². The third-order valence-electron chi connectivity index (χ3n) is 4.77. The molecule has 1 aromatic heterocycles. The van der Waals surface area contributed by atoms with Crippen molar-refractivity contribution in [2.45, 2.75) is 45.3 Å². The number of hydrogen-bond donors (Lipinski definition) is 1. The molecule has 2 aliphatic heterocycles. The van der Waals surface area contributed by atoms with Gasteiger partial charge in [-0.3, -0.25) is 24.4 Å². The summed E-state index contributed by atoms with van der Waals surface area (Å²) >= 11 is 0. The Hall–Kier alpha value is -3.15. The normalized spacial score (nSPS) is 25.7. The number of aromatic nitrogens is 2. The maximum absolute atomic E-state index is 11.8. The second-order valence-corrected chi connectivity index (χ2v) is 7.23. The van der Waals surface area contributed by atoms with E-state index >= 15 is 0 Å². The number of carbonyl (C=O) groups is 3. The van der Waals surface area contributed by atoms with Crippen molar-refractivity contribution in [2.75, 3.05) is 32.3 Å². The van der Waals surface area contributed by atoms with Crippen LogP contribution in [0.25, 0.3) is 0 Å². The fraction of sp³-hybridized carbons (Fsp3) is 0.611. The van der Waals surface area contributed by atoms with Gasteiger partial charge in [0.2, 0.25) is 0 Å². The van der Waals surface area contributed by atoms with Gasteiger partial charge in [-0.1, -0.05) is 0 Å². The first-order chi connectivity index (χ1) is 14.1. The highest BCUT2D eigenvalue weighted by Crippen LogP contribution is 2.38. The van der Waals surface area contributed by atoms with Crippen molar-refractivity contribution in [3.05, 3.63) is 12.0 Å². The molecule has 0 bridgehead atoms. The Morgan fingerprint density at radius 3 is 2.33 bits per heavy atom. The van der Waals surface area contributed by atoms with Gasteiger partial charge in [-0.15, -0.1) is 0 Å². The van der Waals surface area contributed by atoms with Crippen molar-refractivity contribution >= 4 is 29.6 Å². The predicted molar refractivity (Wildman–Crippen MR) is 102 cm³/mol. The Balaban J connectivity index is 2.01. The highest BCUT2D eigenvalue weighted by atomic mass is 16.7. The quantitative estimate of drug-likeness (QED) is 0.504. The molecule has 4 atom stereocenters. The smallest absolute Gasteiger partial charge is 0.303 e. The molecule has 0 amide bonds. The molecule has 3 heterocycles. The Morgan fingerprint density at radius 1 is 1.10 bits per heavy atom. The minimum Gasteiger partial charge on any atom is -0.463 e. The van der Waals surface area contributed by atoms with E-state index in [0.717, 1.165) is 0 Å². The standard InChI is InChI=1S/C18H25N5O7/c1-9(24)27-6-12-14(28-10(2)25)15(29-11(3)26)18(30-12)23-7-20-13-16(19)21(4)8-22(5)17(13)23/h7,12,14-15,18-19H,6,8H2,1-5H3/t12-,14-,15-,18-/m1/s1. The number of amidine groups is 1. The molecule has 1 saturated heterocycles. The number of esters is 3. The van der Waals surface area contributed by atoms with Gasteiger partial charge in [0.25, 0.3) is 0 Å². The van der Waals surface area contributed by atoms with Crippen LogP contribution in [0.1, 0.15) is 32.7 Å². The molecule has 1 fully saturated rings. The zero-order valence-electron chi connectivity index (χ0n) is 17.4. The molecule has 0 saturated carbocycles. The average Bonchev–Trinajstić information content (AvgIpc) is 3.20. The topological polar surface area (TPSA) is 136 Å². The SMILES string of the molecule is CC(=O)OC[C@H]1O[C@@H](n2cnc3c2N(C)CN(C)C3=N)[C@H](OC(C)=O)[C@@H]1OC(C)=O. The van der Waals surface area contributed by atoms with Crippen molar-refractivity contribution in [3.63, 3.8) is 0 Å². The molecular formula is C18H25N5O7. The van der Waals surface area contributed by atoms with Gasteiger partial charge in [0, 0.05) is 34.9 Å². The zero-order chi connectivity index (χ0) is 22.2. The predicted octanol–water partition coefficient (Wildman–Crippen LogP) is -0.129. The minimum absolute atomic E-state index is 0.188. The number of nitrogens with one attached hydrogen (secondary N) is 1. The lowest BCUT2D eigenvalue weighted by molar-refractivity contribution is -0.166. The molecule has 0 aromatic carbocycles. The first-order valence-corrected chi connectivity index (χ1v) is 9.31. The van der Waals surface area contributed by atoms with Crippen molar-refractivity contribution < 1.29 is 33.3 Å². The van der Waals surface area contributed by atoms with Crippen molar-refractivity contribution in [1.29, 1.82) is 5.41 Å². The molecule has 164 valence electrons. The maximum Gasteiger partial charge on any atom is 0.303 e. The monoisotopic (exact) mass is 423 g/mol. The van der Waals surface area contributed by atoms with Gasteiger partial charge >= 0.3 is 17.9 Å². The maximum atomic E-state index is 11.8. The molecule has 0 aliphatic carbocycles. The van der Waals surface area contributed by atoms with Crippen LogP contribution >= 0.6 is 0 Å². The van der Waals surface area contributed by atoms with E-state index in [1.807, 2.05) is 11.9 Å². The first-order valence-electron chi connectivity index (χ1n) is 9.31. The van der Waals surface area contributed by atoms with E-state index in [2.05, 4.69) is 4.98 Å². The van der Waals surface area contributed by atoms with E-state index in [-0.39, 0.29) is 12.4 Å². The molecule has 12 heteroatoms. The van der Waals surface area contributed by atoms with Gasteiger partial charge in [0.1, 0.15) is 24.2 Å². The lowest BCUT2D eigenvalue weighted by Crippen LogP contribution is -2.44. The summed E-state index contributed by atoms with van der Waals surface area (Å²) in [6, 6.07) is 0. The lowest BCUT2D eigenvalue weighted by Gasteiger charge is -2.35. The van der Waals surface area contributed by atoms with Crippen molar-refractivity contribution in [1.82, 2.24) is 14.5 Å². The van der Waals surface area contributed by atoms with Crippen molar-refractivity contribution in [2.24, 2.45) is 0 Å². The van der Waals surface area contributed by atoms with Crippen LogP contribution in [0.4, 0.5) is 5.82 Å². The molecule has 12 nitrogen and oxygen atoms in total. The Morgan fingerprint density at radius 2 is 1.73 bits per heavy atom. The molecule has 3 rings (SSSR count). The summed E-state index contributed by atoms with van der Waals surface area (Å²) in [6.45, 7) is 3.96. The number of ether oxygens (including phenoxy) is 4. The Labute approximate surface area is 173 Å². The van der Waals surface area contributed by atoms with Crippen LogP contribution in [0.15, 0.2) is 6.33 Å². The first kappa shape index (κ1) is 21.6. The summed E-state index contributed by atoms with van der Waals surface area (Å²) < 4.78 is 23.6. The summed E-state index contributed by atoms with van der Waals surface area (Å²) in [4.78, 5) is 42.7. The molecule has 2 aliphatic rings. The minimum atomic E-state index is -1.01. The van der Waals surface area contributed by atoms with Crippen LogP contribution in [-0.4, -0.2) is 83.9 Å². The molecule has 0 unspecified atom stereocenters. The van der Waals surface area contributed by atoms with Gasteiger partial charge in [-0.25, -0.2) is 4.98 Å². The summed E-state index contributed by atoms with van der Waals surface area (Å²) in [5, 5.41) is 8.27. The molecular weight excluding hydrogens is 398 g/mol. The number of fused-ring (bicyclic) bond motifs is 1. The number of nitrogens with zero attached hydrogens (tertiary/aromatic N) is 4. The largest absolute Gasteiger partial charge is 0.463 e. The molecule has 0 radical (unpaired) electrons. The van der Waals surface area contributed by atoms with Gasteiger partial charge in [0.05, 0.1) is 13.0 Å². The average molecular weight is 423 g/mol. The van der Waals surface area contributed by atoms with E-state index in [4.69, 9.17) is 24.4 Å². The lowest BCUT2D eigenvalue weighted by atomic mass is 10.1. The summed E-state index contributed by atoms with van der Waals surface area (Å²) in [6.07, 6.45) is -2.29. The van der Waals surface area contributed by atoms with Crippen LogP contribution in [0.3, 0.4) is 0 Å². The zero-order valence-corrected chi connectivity index (χ0v) is 17.4. The van der Waals surface area contributed by atoms with Crippen molar-refractivity contribution in [3.8, 4) is 0 Å². The van der Waals surface area contributed by atoms with Crippen LogP contribution in [-0.2, 0) is 33.3 Å². The summed E-state index contributed by atoms with van der Waals surface area (Å²) in [5.41, 5.74) is 0.434. The number of anilines is 1. The Bertz CT molecular complexity index is 869. The molecule has 30 heavy (non-hydrogen) atoms. The fourth-order valence-electron chi connectivity index (χ4n) is 3.64. The fourth-order valence-corrected chi connectivity index (χ4v) is 3.64. The second-order valence-electron chi connectivity index (χ2n) is 7.23. The van der Waals surface area contributed by atoms with Crippen LogP contribution in [0.5, 0.6) is 0 Å². The number of carbonyl (C=O) groups excluding carboxylic acids is 3. The highest BCUT2D eigenvalue weighted by Gasteiger charge is 2.51. The summed E-state index contributed by atoms with van der Waals surface area (Å²) in [7, 11) is 3.61. The second kappa shape index (κ2) is 8.30. The van der Waals surface area contributed by atoms with E-state index in [9.17, 15) is 14.4 Å². The molecule has 0 spiro atoms. The van der Waals surface area contributed by atoms with Crippen LogP contribution < -0.4 is 4.90 Å². The Kier molecular flexibility index (Phi) is 5.97. The number of rotatable bonds is 5. The summed E-state index contributed by atoms with van der Waals surface area (Å²) in [5.74, 6) is -0.883. The van der Waals surface area contributed by atoms with E-state index in [0.29, 0.717) is 18.2 Å². The third-order valence-corrected chi connectivity index (χ3v) is 4.77. The van der Waals surface area contributed by atoms with Gasteiger partial charge in [0.15, 0.2) is 24.3 Å². The highest BCUT2D eigenvalue weighted by molar-refractivity contribution is 6.00. The number of imidazole rings is 1. The van der Waals surface area contributed by atoms with Gasteiger partial charge in [-0.05, 0) is 0 Å². The molecule has 1 aromatic rings.